The smallest absolute Gasteiger partial charge is 0.0352 e. The predicted octanol–water partition coefficient (Wildman–Crippen LogP) is 6.65. The van der Waals surface area contributed by atoms with Gasteiger partial charge in [-0.2, -0.15) is 0 Å². The van der Waals surface area contributed by atoms with Crippen LogP contribution in [-0.2, 0) is 0 Å². The van der Waals surface area contributed by atoms with E-state index < -0.39 is 5.89 Å². The largest absolute Gasteiger partial charge is 0.0599 e. The number of rotatable bonds is 2. The molecule has 0 radical (unpaired) electrons. The molecule has 2 aromatic rings. The van der Waals surface area contributed by atoms with Crippen LogP contribution in [0.2, 0.25) is 0 Å². The second-order valence-corrected chi connectivity index (χ2v) is 7.66. The fourth-order valence-electron chi connectivity index (χ4n) is 3.46. The first-order chi connectivity index (χ1) is 10.8. The average Bonchev–Trinajstić information content (AvgIpc) is 2.52. The zero-order valence-corrected chi connectivity index (χ0v) is 14.4. The van der Waals surface area contributed by atoms with Crippen LogP contribution in [0.3, 0.4) is 0 Å². The third kappa shape index (κ3) is 3.27. The second kappa shape index (κ2) is 5.91. The summed E-state index contributed by atoms with van der Waals surface area (Å²) in [6.45, 7) is 8.96. The average molecular weight is 293 g/mol. The molecule has 22 heavy (non-hydrogen) atoms. The van der Waals surface area contributed by atoms with Crippen molar-refractivity contribution >= 4 is 0 Å². The summed E-state index contributed by atoms with van der Waals surface area (Å²) >= 11 is 0. The maximum atomic E-state index is 8.94. The SMILES string of the molecule is [2H]C1(c2ccc(-c3ccc(C)cc3)c(C)c2)CCC(C)(C)CC1. The molecular weight excluding hydrogens is 264 g/mol. The van der Waals surface area contributed by atoms with Crippen molar-refractivity contribution < 1.29 is 1.37 Å². The van der Waals surface area contributed by atoms with Crippen molar-refractivity contribution in [2.24, 2.45) is 5.41 Å². The van der Waals surface area contributed by atoms with Gasteiger partial charge in [-0.3, -0.25) is 0 Å². The molecule has 0 saturated heterocycles. The summed E-state index contributed by atoms with van der Waals surface area (Å²) in [6.07, 6.45) is 4.25. The summed E-state index contributed by atoms with van der Waals surface area (Å²) in [7, 11) is 0. The molecule has 0 unspecified atom stereocenters. The minimum atomic E-state index is -0.397. The Labute approximate surface area is 137 Å². The standard InChI is InChI=1S/C22H28/c1-16-5-7-19(8-6-16)21-10-9-20(15-17(21)2)18-11-13-22(3,4)14-12-18/h5-10,15,18H,11-14H2,1-4H3/i18D. The molecule has 0 spiro atoms. The van der Waals surface area contributed by atoms with Crippen molar-refractivity contribution in [1.82, 2.24) is 0 Å². The van der Waals surface area contributed by atoms with Gasteiger partial charge in [-0.15, -0.1) is 0 Å². The number of aryl methyl sites for hydroxylation is 2. The highest BCUT2D eigenvalue weighted by Gasteiger charge is 2.27. The Morgan fingerprint density at radius 2 is 1.59 bits per heavy atom. The summed E-state index contributed by atoms with van der Waals surface area (Å²) in [4.78, 5) is 0. The fourth-order valence-corrected chi connectivity index (χ4v) is 3.46. The number of hydrogen-bond donors (Lipinski definition) is 0. The van der Waals surface area contributed by atoms with E-state index in [1.165, 1.54) is 27.8 Å². The van der Waals surface area contributed by atoms with Gasteiger partial charge in [-0.1, -0.05) is 61.9 Å². The number of benzene rings is 2. The molecule has 0 amide bonds. The summed E-state index contributed by atoms with van der Waals surface area (Å²) < 4.78 is 8.94. The van der Waals surface area contributed by atoms with Crippen LogP contribution < -0.4 is 0 Å². The molecule has 0 heteroatoms. The molecule has 0 aliphatic heterocycles. The molecule has 3 rings (SSSR count). The third-order valence-electron chi connectivity index (χ3n) is 5.20. The first kappa shape index (κ1) is 14.1. The predicted molar refractivity (Wildman–Crippen MR) is 96.3 cm³/mol. The molecule has 1 aliphatic carbocycles. The Kier molecular flexibility index (Phi) is 3.78. The Morgan fingerprint density at radius 1 is 0.955 bits per heavy atom. The zero-order chi connectivity index (χ0) is 16.7. The van der Waals surface area contributed by atoms with Gasteiger partial charge in [-0.25, -0.2) is 0 Å². The summed E-state index contributed by atoms with van der Waals surface area (Å²) in [6, 6.07) is 15.4. The van der Waals surface area contributed by atoms with Gasteiger partial charge in [0.25, 0.3) is 0 Å². The van der Waals surface area contributed by atoms with Gasteiger partial charge in [0.2, 0.25) is 0 Å². The molecule has 0 aromatic heterocycles. The van der Waals surface area contributed by atoms with Gasteiger partial charge < -0.3 is 0 Å². The summed E-state index contributed by atoms with van der Waals surface area (Å²) in [5.74, 6) is -0.397. The molecular formula is C22H28. The first-order valence-electron chi connectivity index (χ1n) is 8.97. The highest BCUT2D eigenvalue weighted by Crippen LogP contribution is 2.43. The molecule has 0 nitrogen and oxygen atoms in total. The Balaban J connectivity index is 1.89. The van der Waals surface area contributed by atoms with Gasteiger partial charge in [0.05, 0.1) is 0 Å². The van der Waals surface area contributed by atoms with Crippen LogP contribution in [0.15, 0.2) is 42.5 Å². The van der Waals surface area contributed by atoms with Crippen LogP contribution in [0.25, 0.3) is 11.1 Å². The van der Waals surface area contributed by atoms with Crippen molar-refractivity contribution in [2.75, 3.05) is 0 Å². The fraction of sp³-hybridized carbons (Fsp3) is 0.455. The Bertz CT molecular complexity index is 684. The molecule has 2 aromatic carbocycles. The van der Waals surface area contributed by atoms with E-state index in [-0.39, 0.29) is 0 Å². The minimum absolute atomic E-state index is 0.397. The lowest BCUT2D eigenvalue weighted by molar-refractivity contribution is 0.224. The minimum Gasteiger partial charge on any atom is -0.0599 e. The summed E-state index contributed by atoms with van der Waals surface area (Å²) in [5.41, 5.74) is 6.72. The van der Waals surface area contributed by atoms with Crippen molar-refractivity contribution in [3.8, 4) is 11.1 Å². The lowest BCUT2D eigenvalue weighted by Gasteiger charge is -2.34. The molecule has 1 fully saturated rings. The monoisotopic (exact) mass is 293 g/mol. The van der Waals surface area contributed by atoms with Gasteiger partial charge in [-0.05, 0) is 73.1 Å². The van der Waals surface area contributed by atoms with E-state index in [0.717, 1.165) is 25.7 Å². The van der Waals surface area contributed by atoms with Gasteiger partial charge in [0.1, 0.15) is 0 Å². The van der Waals surface area contributed by atoms with Crippen LogP contribution in [0.5, 0.6) is 0 Å². The molecule has 1 saturated carbocycles. The highest BCUT2D eigenvalue weighted by molar-refractivity contribution is 5.67. The molecule has 0 N–H and O–H groups in total. The third-order valence-corrected chi connectivity index (χ3v) is 5.20. The van der Waals surface area contributed by atoms with E-state index in [4.69, 9.17) is 1.37 Å². The Hall–Kier alpha value is -1.56. The van der Waals surface area contributed by atoms with E-state index in [1.807, 2.05) is 0 Å². The van der Waals surface area contributed by atoms with E-state index in [1.54, 1.807) is 0 Å². The zero-order valence-electron chi connectivity index (χ0n) is 15.4. The van der Waals surface area contributed by atoms with Gasteiger partial charge in [0.15, 0.2) is 0 Å². The normalized spacial score (nSPS) is 20.5. The van der Waals surface area contributed by atoms with E-state index >= 15 is 0 Å². The highest BCUT2D eigenvalue weighted by atomic mass is 14.3. The second-order valence-electron chi connectivity index (χ2n) is 7.66. The van der Waals surface area contributed by atoms with Crippen LogP contribution in [0, 0.1) is 19.3 Å². The quantitative estimate of drug-likeness (QED) is 0.581. The van der Waals surface area contributed by atoms with Crippen molar-refractivity contribution in [3.63, 3.8) is 0 Å². The molecule has 0 heterocycles. The lowest BCUT2D eigenvalue weighted by Crippen LogP contribution is -2.20. The van der Waals surface area contributed by atoms with Crippen LogP contribution in [-0.4, -0.2) is 0 Å². The first-order valence-corrected chi connectivity index (χ1v) is 8.47. The van der Waals surface area contributed by atoms with Crippen LogP contribution in [0.4, 0.5) is 0 Å². The molecule has 116 valence electrons. The van der Waals surface area contributed by atoms with Crippen molar-refractivity contribution in [1.29, 1.82) is 0 Å². The van der Waals surface area contributed by atoms with Crippen LogP contribution >= 0.6 is 0 Å². The maximum absolute atomic E-state index is 8.94. The topological polar surface area (TPSA) is 0 Å². The molecule has 0 atom stereocenters. The van der Waals surface area contributed by atoms with E-state index in [2.05, 4.69) is 70.2 Å². The van der Waals surface area contributed by atoms with Gasteiger partial charge >= 0.3 is 0 Å². The van der Waals surface area contributed by atoms with E-state index in [9.17, 15) is 0 Å². The summed E-state index contributed by atoms with van der Waals surface area (Å²) in [5, 5.41) is 0. The van der Waals surface area contributed by atoms with Crippen molar-refractivity contribution in [3.05, 3.63) is 59.2 Å². The number of hydrogen-bond acceptors (Lipinski definition) is 0. The van der Waals surface area contributed by atoms with Gasteiger partial charge in [0, 0.05) is 1.37 Å². The molecule has 1 aliphatic rings. The van der Waals surface area contributed by atoms with Crippen LogP contribution in [0.1, 0.15) is 63.5 Å². The van der Waals surface area contributed by atoms with Crippen molar-refractivity contribution in [2.45, 2.75) is 59.3 Å². The van der Waals surface area contributed by atoms with E-state index in [0.29, 0.717) is 5.41 Å². The maximum Gasteiger partial charge on any atom is 0.0352 e. The Morgan fingerprint density at radius 3 is 2.18 bits per heavy atom. The molecule has 0 bridgehead atoms. The lowest BCUT2D eigenvalue weighted by atomic mass is 9.71.